The second-order valence-electron chi connectivity index (χ2n) is 6.87. The van der Waals surface area contributed by atoms with Gasteiger partial charge in [-0.25, -0.2) is 13.2 Å². The van der Waals surface area contributed by atoms with Crippen molar-refractivity contribution in [2.45, 2.75) is 30.3 Å². The molecule has 0 unspecified atom stereocenters. The minimum Gasteiger partial charge on any atom is -0.481 e. The predicted molar refractivity (Wildman–Crippen MR) is 122 cm³/mol. The fourth-order valence-electron chi connectivity index (χ4n) is 2.71. The Balaban J connectivity index is 0.000000718. The SMILES string of the molecule is O=C(O)C(F)(F)F.O=C(O)CCSSCCNC(=O)C1CCN(S(=O)(=O)c2ccccc2)CC1. The zero-order valence-corrected chi connectivity index (χ0v) is 20.3. The molecule has 1 aliphatic rings. The Kier molecular flexibility index (Phi) is 12.8. The lowest BCUT2D eigenvalue weighted by molar-refractivity contribution is -0.192. The van der Waals surface area contributed by atoms with E-state index in [2.05, 4.69) is 5.32 Å². The van der Waals surface area contributed by atoms with Crippen molar-refractivity contribution in [2.24, 2.45) is 5.92 Å². The first-order valence-corrected chi connectivity index (χ1v) is 13.9. The van der Waals surface area contributed by atoms with E-state index in [1.807, 2.05) is 0 Å². The molecule has 1 saturated heterocycles. The summed E-state index contributed by atoms with van der Waals surface area (Å²) >= 11 is 0. The number of nitrogens with one attached hydrogen (secondary N) is 1. The maximum Gasteiger partial charge on any atom is 0.490 e. The molecule has 34 heavy (non-hydrogen) atoms. The molecule has 9 nitrogen and oxygen atoms in total. The van der Waals surface area contributed by atoms with E-state index in [0.717, 1.165) is 0 Å². The van der Waals surface area contributed by atoms with Crippen LogP contribution >= 0.6 is 21.6 Å². The summed E-state index contributed by atoms with van der Waals surface area (Å²) in [5.74, 6) is -2.52. The Labute approximate surface area is 202 Å². The van der Waals surface area contributed by atoms with Crippen LogP contribution in [0, 0.1) is 5.92 Å². The largest absolute Gasteiger partial charge is 0.490 e. The summed E-state index contributed by atoms with van der Waals surface area (Å²) in [6.45, 7) is 1.20. The van der Waals surface area contributed by atoms with Crippen LogP contribution in [0.2, 0.25) is 0 Å². The molecule has 0 spiro atoms. The molecular weight excluding hydrogens is 521 g/mol. The number of carboxylic acids is 2. The number of carboxylic acid groups (broad SMARTS) is 2. The van der Waals surface area contributed by atoms with Crippen molar-refractivity contribution in [2.75, 3.05) is 31.1 Å². The average Bonchev–Trinajstić information content (AvgIpc) is 2.78. The van der Waals surface area contributed by atoms with Gasteiger partial charge in [0.05, 0.1) is 11.3 Å². The summed E-state index contributed by atoms with van der Waals surface area (Å²) in [5.41, 5.74) is 0. The molecule has 1 aliphatic heterocycles. The fourth-order valence-corrected chi connectivity index (χ4v) is 6.08. The summed E-state index contributed by atoms with van der Waals surface area (Å²) in [5, 5.41) is 18.6. The number of sulfonamides is 1. The summed E-state index contributed by atoms with van der Waals surface area (Å²) in [6, 6.07) is 8.34. The Morgan fingerprint density at radius 1 is 1.03 bits per heavy atom. The van der Waals surface area contributed by atoms with Crippen molar-refractivity contribution in [3.63, 3.8) is 0 Å². The van der Waals surface area contributed by atoms with Crippen LogP contribution in [-0.4, -0.2) is 78.1 Å². The van der Waals surface area contributed by atoms with Crippen molar-refractivity contribution in [1.82, 2.24) is 9.62 Å². The number of rotatable bonds is 10. The average molecular weight is 547 g/mol. The highest BCUT2D eigenvalue weighted by Crippen LogP contribution is 2.24. The molecule has 2 rings (SSSR count). The third-order valence-electron chi connectivity index (χ3n) is 4.42. The predicted octanol–water partition coefficient (Wildman–Crippen LogP) is 2.69. The molecule has 0 aromatic heterocycles. The quantitative estimate of drug-likeness (QED) is 0.298. The van der Waals surface area contributed by atoms with Crippen LogP contribution in [0.4, 0.5) is 13.2 Å². The van der Waals surface area contributed by atoms with Crippen LogP contribution < -0.4 is 5.32 Å². The van der Waals surface area contributed by atoms with Gasteiger partial charge in [0.25, 0.3) is 0 Å². The van der Waals surface area contributed by atoms with Gasteiger partial charge >= 0.3 is 18.1 Å². The Hall–Kier alpha value is -1.97. The van der Waals surface area contributed by atoms with Crippen molar-refractivity contribution < 1.29 is 46.2 Å². The summed E-state index contributed by atoms with van der Waals surface area (Å²) < 4.78 is 58.4. The Bertz CT molecular complexity index is 907. The maximum absolute atomic E-state index is 12.6. The van der Waals surface area contributed by atoms with Gasteiger partial charge in [-0.15, -0.1) is 0 Å². The van der Waals surface area contributed by atoms with Gasteiger partial charge in [-0.2, -0.15) is 17.5 Å². The molecule has 15 heteroatoms. The molecule has 1 heterocycles. The van der Waals surface area contributed by atoms with Crippen molar-refractivity contribution in [3.8, 4) is 0 Å². The van der Waals surface area contributed by atoms with Gasteiger partial charge in [-0.05, 0) is 25.0 Å². The van der Waals surface area contributed by atoms with Gasteiger partial charge in [-0.1, -0.05) is 39.8 Å². The molecule has 1 aromatic rings. The van der Waals surface area contributed by atoms with Crippen LogP contribution in [0.25, 0.3) is 0 Å². The highest BCUT2D eigenvalue weighted by atomic mass is 33.1. The van der Waals surface area contributed by atoms with Gasteiger partial charge in [0.2, 0.25) is 15.9 Å². The number of aliphatic carboxylic acids is 2. The standard InChI is InChI=1S/C17H24N2O5S3.C2HF3O2/c20-16(21)8-12-25-26-13-9-18-17(22)14-6-10-19(11-7-14)27(23,24)15-4-2-1-3-5-15;3-2(4,5)1(6)7/h1-5,14H,6-13H2,(H,18,22)(H,20,21);(H,6,7). The van der Waals surface area contributed by atoms with Crippen molar-refractivity contribution in [1.29, 1.82) is 0 Å². The first-order chi connectivity index (χ1) is 15.9. The fraction of sp³-hybridized carbons (Fsp3) is 0.526. The van der Waals surface area contributed by atoms with E-state index >= 15 is 0 Å². The van der Waals surface area contributed by atoms with Crippen LogP contribution in [0.5, 0.6) is 0 Å². The number of piperidine rings is 1. The normalized spacial score (nSPS) is 15.1. The van der Waals surface area contributed by atoms with Crippen molar-refractivity contribution in [3.05, 3.63) is 30.3 Å². The first-order valence-electron chi connectivity index (χ1n) is 9.95. The number of nitrogens with zero attached hydrogens (tertiary/aromatic N) is 1. The molecular formula is C19H25F3N2O7S3. The lowest BCUT2D eigenvalue weighted by Crippen LogP contribution is -2.43. The van der Waals surface area contributed by atoms with E-state index in [9.17, 15) is 31.2 Å². The van der Waals surface area contributed by atoms with Crippen molar-refractivity contribution >= 4 is 49.5 Å². The van der Waals surface area contributed by atoms with E-state index < -0.39 is 28.1 Å². The maximum atomic E-state index is 12.6. The molecule has 0 bridgehead atoms. The number of carbonyl (C=O) groups excluding carboxylic acids is 1. The van der Waals surface area contributed by atoms with Gasteiger partial charge < -0.3 is 15.5 Å². The van der Waals surface area contributed by atoms with E-state index in [1.165, 1.54) is 25.9 Å². The lowest BCUT2D eigenvalue weighted by atomic mass is 9.97. The molecule has 1 aromatic carbocycles. The Morgan fingerprint density at radius 2 is 1.56 bits per heavy atom. The molecule has 0 radical (unpaired) electrons. The molecule has 3 N–H and O–H groups in total. The zero-order valence-electron chi connectivity index (χ0n) is 17.9. The number of benzene rings is 1. The third kappa shape index (κ3) is 11.0. The van der Waals surface area contributed by atoms with Gasteiger partial charge in [0.15, 0.2) is 0 Å². The molecule has 1 fully saturated rings. The second kappa shape index (κ2) is 14.4. The third-order valence-corrected chi connectivity index (χ3v) is 8.74. The minimum absolute atomic E-state index is 0.0390. The zero-order chi connectivity index (χ0) is 25.8. The number of alkyl halides is 3. The summed E-state index contributed by atoms with van der Waals surface area (Å²) in [4.78, 5) is 31.8. The first kappa shape index (κ1) is 30.1. The summed E-state index contributed by atoms with van der Waals surface area (Å²) in [6.07, 6.45) is -3.93. The van der Waals surface area contributed by atoms with Crippen LogP contribution in [0.3, 0.4) is 0 Å². The highest BCUT2D eigenvalue weighted by Gasteiger charge is 2.38. The van der Waals surface area contributed by atoms with E-state index in [-0.39, 0.29) is 23.1 Å². The topological polar surface area (TPSA) is 141 Å². The monoisotopic (exact) mass is 546 g/mol. The molecule has 0 atom stereocenters. The number of hydrogen-bond donors (Lipinski definition) is 3. The summed E-state index contributed by atoms with van der Waals surface area (Å²) in [7, 11) is -0.476. The van der Waals surface area contributed by atoms with Crippen LogP contribution in [-0.2, 0) is 24.4 Å². The van der Waals surface area contributed by atoms with Gasteiger partial charge in [0.1, 0.15) is 0 Å². The smallest absolute Gasteiger partial charge is 0.481 e. The van der Waals surface area contributed by atoms with E-state index in [0.29, 0.717) is 44.0 Å². The second-order valence-corrected chi connectivity index (χ2v) is 11.5. The number of halogens is 3. The molecule has 1 amide bonds. The number of hydrogen-bond acceptors (Lipinski definition) is 7. The van der Waals surface area contributed by atoms with Gasteiger partial charge in [0, 0.05) is 37.1 Å². The number of amides is 1. The van der Waals surface area contributed by atoms with E-state index in [1.54, 1.807) is 30.3 Å². The van der Waals surface area contributed by atoms with Crippen LogP contribution in [0.1, 0.15) is 19.3 Å². The lowest BCUT2D eigenvalue weighted by Gasteiger charge is -2.30. The Morgan fingerprint density at radius 3 is 2.06 bits per heavy atom. The van der Waals surface area contributed by atoms with Crippen LogP contribution in [0.15, 0.2) is 35.2 Å². The van der Waals surface area contributed by atoms with E-state index in [4.69, 9.17) is 15.0 Å². The van der Waals surface area contributed by atoms with Gasteiger partial charge in [-0.3, -0.25) is 9.59 Å². The number of carbonyl (C=O) groups is 3. The molecule has 0 saturated carbocycles. The molecule has 0 aliphatic carbocycles. The highest BCUT2D eigenvalue weighted by molar-refractivity contribution is 8.76. The minimum atomic E-state index is -5.08. The molecule has 192 valence electrons.